The third kappa shape index (κ3) is 3.65. The van der Waals surface area contributed by atoms with E-state index in [1.165, 1.54) is 16.7 Å². The minimum absolute atomic E-state index is 0.759. The van der Waals surface area contributed by atoms with Gasteiger partial charge < -0.3 is 0 Å². The minimum Gasteiger partial charge on any atom is -0.240 e. The van der Waals surface area contributed by atoms with Crippen molar-refractivity contribution < 1.29 is 0 Å². The first kappa shape index (κ1) is 15.8. The van der Waals surface area contributed by atoms with Crippen molar-refractivity contribution in [3.63, 3.8) is 0 Å². The van der Waals surface area contributed by atoms with E-state index in [9.17, 15) is 0 Å². The highest BCUT2D eigenvalue weighted by Crippen LogP contribution is 2.27. The smallest absolute Gasteiger partial charge is 0.0707 e. The SMILES string of the molecule is CCCCc1nn(-c2ccc(C)cc2)cc1-c1ccc(Cl)cc1. The van der Waals surface area contributed by atoms with E-state index in [2.05, 4.69) is 56.4 Å². The van der Waals surface area contributed by atoms with Crippen LogP contribution in [0.25, 0.3) is 16.8 Å². The Labute approximate surface area is 142 Å². The molecule has 0 saturated carbocycles. The molecule has 3 heteroatoms. The lowest BCUT2D eigenvalue weighted by Gasteiger charge is -2.01. The van der Waals surface area contributed by atoms with E-state index in [1.54, 1.807) is 0 Å². The summed E-state index contributed by atoms with van der Waals surface area (Å²) in [6, 6.07) is 16.4. The van der Waals surface area contributed by atoms with Gasteiger partial charge in [-0.3, -0.25) is 0 Å². The fraction of sp³-hybridized carbons (Fsp3) is 0.250. The Balaban J connectivity index is 2.02. The number of benzene rings is 2. The Morgan fingerprint density at radius 1 is 1.00 bits per heavy atom. The third-order valence-corrected chi connectivity index (χ3v) is 4.26. The van der Waals surface area contributed by atoms with Gasteiger partial charge in [0.2, 0.25) is 0 Å². The lowest BCUT2D eigenvalue weighted by atomic mass is 10.0. The van der Waals surface area contributed by atoms with Gasteiger partial charge in [-0.1, -0.05) is 54.8 Å². The average molecular weight is 325 g/mol. The zero-order valence-corrected chi connectivity index (χ0v) is 14.3. The summed E-state index contributed by atoms with van der Waals surface area (Å²) in [6.07, 6.45) is 5.43. The van der Waals surface area contributed by atoms with Crippen molar-refractivity contribution in [2.45, 2.75) is 33.1 Å². The van der Waals surface area contributed by atoms with Crippen LogP contribution in [0.3, 0.4) is 0 Å². The maximum atomic E-state index is 6.02. The van der Waals surface area contributed by atoms with Gasteiger partial charge >= 0.3 is 0 Å². The van der Waals surface area contributed by atoms with Crippen LogP contribution in [0.15, 0.2) is 54.7 Å². The average Bonchev–Trinajstić information content (AvgIpc) is 2.98. The molecule has 0 radical (unpaired) electrons. The molecule has 0 unspecified atom stereocenters. The first-order valence-electron chi connectivity index (χ1n) is 8.09. The second-order valence-electron chi connectivity index (χ2n) is 5.88. The van der Waals surface area contributed by atoms with E-state index in [1.807, 2.05) is 16.8 Å². The van der Waals surface area contributed by atoms with Gasteiger partial charge in [0.25, 0.3) is 0 Å². The molecule has 23 heavy (non-hydrogen) atoms. The summed E-state index contributed by atoms with van der Waals surface area (Å²) < 4.78 is 1.98. The Morgan fingerprint density at radius 3 is 2.35 bits per heavy atom. The Morgan fingerprint density at radius 2 is 1.70 bits per heavy atom. The second-order valence-corrected chi connectivity index (χ2v) is 6.32. The molecular formula is C20H21ClN2. The topological polar surface area (TPSA) is 17.8 Å². The molecule has 1 aromatic heterocycles. The lowest BCUT2D eigenvalue weighted by Crippen LogP contribution is -1.96. The molecule has 0 aliphatic heterocycles. The molecule has 2 aromatic carbocycles. The Hall–Kier alpha value is -2.06. The fourth-order valence-electron chi connectivity index (χ4n) is 2.64. The molecule has 0 aliphatic rings. The zero-order valence-electron chi connectivity index (χ0n) is 13.6. The van der Waals surface area contributed by atoms with Crippen molar-refractivity contribution in [3.05, 3.63) is 71.0 Å². The van der Waals surface area contributed by atoms with Crippen LogP contribution in [0.2, 0.25) is 5.02 Å². The minimum atomic E-state index is 0.759. The number of halogens is 1. The van der Waals surface area contributed by atoms with E-state index in [-0.39, 0.29) is 0 Å². The van der Waals surface area contributed by atoms with Crippen molar-refractivity contribution in [2.24, 2.45) is 0 Å². The molecule has 118 valence electrons. The molecule has 0 spiro atoms. The fourth-order valence-corrected chi connectivity index (χ4v) is 2.76. The van der Waals surface area contributed by atoms with Crippen LogP contribution in [-0.2, 0) is 6.42 Å². The summed E-state index contributed by atoms with van der Waals surface area (Å²) >= 11 is 6.02. The molecule has 0 atom stereocenters. The highest BCUT2D eigenvalue weighted by atomic mass is 35.5. The summed E-state index contributed by atoms with van der Waals surface area (Å²) in [6.45, 7) is 4.30. The van der Waals surface area contributed by atoms with E-state index < -0.39 is 0 Å². The maximum Gasteiger partial charge on any atom is 0.0707 e. The van der Waals surface area contributed by atoms with Crippen molar-refractivity contribution >= 4 is 11.6 Å². The monoisotopic (exact) mass is 324 g/mol. The van der Waals surface area contributed by atoms with Crippen molar-refractivity contribution in [2.75, 3.05) is 0 Å². The van der Waals surface area contributed by atoms with Crippen LogP contribution in [0.1, 0.15) is 31.0 Å². The molecule has 3 aromatic rings. The van der Waals surface area contributed by atoms with Gasteiger partial charge in [-0.25, -0.2) is 4.68 Å². The van der Waals surface area contributed by atoms with Crippen LogP contribution < -0.4 is 0 Å². The second kappa shape index (κ2) is 7.01. The van der Waals surface area contributed by atoms with Crippen LogP contribution in [0.5, 0.6) is 0 Å². The Bertz CT molecular complexity index is 770. The summed E-state index contributed by atoms with van der Waals surface area (Å²) in [7, 11) is 0. The molecule has 0 amide bonds. The summed E-state index contributed by atoms with van der Waals surface area (Å²) in [4.78, 5) is 0. The number of rotatable bonds is 5. The van der Waals surface area contributed by atoms with Gasteiger partial charge in [0, 0.05) is 16.8 Å². The largest absolute Gasteiger partial charge is 0.240 e. The first-order valence-corrected chi connectivity index (χ1v) is 8.46. The molecular weight excluding hydrogens is 304 g/mol. The lowest BCUT2D eigenvalue weighted by molar-refractivity contribution is 0.753. The molecule has 3 rings (SSSR count). The number of hydrogen-bond donors (Lipinski definition) is 0. The van der Waals surface area contributed by atoms with Crippen molar-refractivity contribution in [1.82, 2.24) is 9.78 Å². The van der Waals surface area contributed by atoms with E-state index in [4.69, 9.17) is 16.7 Å². The number of aromatic nitrogens is 2. The van der Waals surface area contributed by atoms with Crippen molar-refractivity contribution in [3.8, 4) is 16.8 Å². The van der Waals surface area contributed by atoms with Crippen LogP contribution in [-0.4, -0.2) is 9.78 Å². The molecule has 0 aliphatic carbocycles. The Kier molecular flexibility index (Phi) is 4.82. The molecule has 1 heterocycles. The van der Waals surface area contributed by atoms with E-state index in [0.29, 0.717) is 0 Å². The maximum absolute atomic E-state index is 6.02. The molecule has 2 nitrogen and oxygen atoms in total. The molecule has 0 saturated heterocycles. The number of aryl methyl sites for hydroxylation is 2. The summed E-state index contributed by atoms with van der Waals surface area (Å²) in [5.74, 6) is 0. The standard InChI is InChI=1S/C20H21ClN2/c1-3-4-5-20-19(16-8-10-17(21)11-9-16)14-23(22-20)18-12-6-15(2)7-13-18/h6-14H,3-5H2,1-2H3. The van der Waals surface area contributed by atoms with Crippen molar-refractivity contribution in [1.29, 1.82) is 0 Å². The number of nitrogens with zero attached hydrogens (tertiary/aromatic N) is 2. The van der Waals surface area contributed by atoms with Gasteiger partial charge in [0.15, 0.2) is 0 Å². The quantitative estimate of drug-likeness (QED) is 0.576. The molecule has 0 bridgehead atoms. The summed E-state index contributed by atoms with van der Waals surface area (Å²) in [5, 5.41) is 5.59. The molecule has 0 fully saturated rings. The van der Waals surface area contributed by atoms with Gasteiger partial charge in [-0.05, 0) is 49.6 Å². The number of hydrogen-bond acceptors (Lipinski definition) is 1. The van der Waals surface area contributed by atoms with Gasteiger partial charge in [-0.15, -0.1) is 0 Å². The summed E-state index contributed by atoms with van der Waals surface area (Å²) in [5.41, 5.74) is 5.85. The zero-order chi connectivity index (χ0) is 16.2. The van der Waals surface area contributed by atoms with Crippen LogP contribution in [0.4, 0.5) is 0 Å². The predicted molar refractivity (Wildman–Crippen MR) is 97.4 cm³/mol. The van der Waals surface area contributed by atoms with Crippen LogP contribution >= 0.6 is 11.6 Å². The highest BCUT2D eigenvalue weighted by molar-refractivity contribution is 6.30. The van der Waals surface area contributed by atoms with E-state index >= 15 is 0 Å². The first-order chi connectivity index (χ1) is 11.2. The van der Waals surface area contributed by atoms with Crippen LogP contribution in [0, 0.1) is 6.92 Å². The normalized spacial score (nSPS) is 10.9. The third-order valence-electron chi connectivity index (χ3n) is 4.01. The highest BCUT2D eigenvalue weighted by Gasteiger charge is 2.12. The van der Waals surface area contributed by atoms with Gasteiger partial charge in [0.1, 0.15) is 0 Å². The predicted octanol–water partition coefficient (Wildman–Crippen LogP) is 5.84. The van der Waals surface area contributed by atoms with Gasteiger partial charge in [0.05, 0.1) is 11.4 Å². The molecule has 0 N–H and O–H groups in total. The van der Waals surface area contributed by atoms with Gasteiger partial charge in [-0.2, -0.15) is 5.10 Å². The van der Waals surface area contributed by atoms with E-state index in [0.717, 1.165) is 35.7 Å². The number of unbranched alkanes of at least 4 members (excludes halogenated alkanes) is 1.